The van der Waals surface area contributed by atoms with Gasteiger partial charge in [0.1, 0.15) is 10.1 Å². The van der Waals surface area contributed by atoms with E-state index < -0.39 is 46.8 Å². The van der Waals surface area contributed by atoms with E-state index in [4.69, 9.17) is 0 Å². The van der Waals surface area contributed by atoms with Crippen molar-refractivity contribution >= 4 is 44.0 Å². The maximum Gasteiger partial charge on any atom is 0.300 e. The highest BCUT2D eigenvalue weighted by Crippen LogP contribution is 2.36. The molecule has 0 saturated heterocycles. The highest BCUT2D eigenvalue weighted by Gasteiger charge is 2.36. The molecule has 1 aliphatic carbocycles. The van der Waals surface area contributed by atoms with Crippen LogP contribution in [0.2, 0.25) is 0 Å². The number of fused-ring (bicyclic) bond motifs is 1. The Bertz CT molecular complexity index is 958. The third kappa shape index (κ3) is 5.45. The van der Waals surface area contributed by atoms with Gasteiger partial charge >= 0.3 is 11.4 Å². The predicted octanol–water partition coefficient (Wildman–Crippen LogP) is 0.859. The van der Waals surface area contributed by atoms with Crippen LogP contribution < -0.4 is 4.99 Å². The summed E-state index contributed by atoms with van der Waals surface area (Å²) in [6.07, 6.45) is 5.71. The largest absolute Gasteiger partial charge is 0.744 e. The lowest BCUT2D eigenvalue weighted by molar-refractivity contribution is -0.499. The van der Waals surface area contributed by atoms with Crippen molar-refractivity contribution < 1.29 is 32.7 Å². The second-order valence-electron chi connectivity index (χ2n) is 6.29. The fourth-order valence-electron chi connectivity index (χ4n) is 3.14. The predicted molar refractivity (Wildman–Crippen MR) is 99.6 cm³/mol. The van der Waals surface area contributed by atoms with Gasteiger partial charge in [0.15, 0.2) is 6.04 Å². The van der Waals surface area contributed by atoms with E-state index in [1.807, 2.05) is 0 Å². The SMILES string of the molecule is CC1=[NH+][C@@H]2CCCC[C@H]2S1.O=[N+]([O-])c1cc([N+](=O)[O-])c(S(=O)(=O)[O-])c([N+](=O)[O-])c1. The molecule has 0 bridgehead atoms. The molecule has 15 heteroatoms. The Balaban J connectivity index is 0.000000248. The van der Waals surface area contributed by atoms with Crippen molar-refractivity contribution in [2.45, 2.75) is 48.8 Å². The van der Waals surface area contributed by atoms with Gasteiger partial charge < -0.3 is 4.55 Å². The highest BCUT2D eigenvalue weighted by molar-refractivity contribution is 8.14. The molecule has 1 aromatic rings. The summed E-state index contributed by atoms with van der Waals surface area (Å²) in [6.45, 7) is 2.20. The van der Waals surface area contributed by atoms with Gasteiger partial charge in [-0.05, 0) is 12.8 Å². The number of thioether (sulfide) groups is 1. The number of hydrogen-bond acceptors (Lipinski definition) is 10. The van der Waals surface area contributed by atoms with Gasteiger partial charge in [0.2, 0.25) is 9.94 Å². The zero-order chi connectivity index (χ0) is 21.9. The summed E-state index contributed by atoms with van der Waals surface area (Å²) in [6, 6.07) is 1.15. The second-order valence-corrected chi connectivity index (χ2v) is 9.06. The standard InChI is InChI=1S/C8H13NS.C6H3N3O9S/c1-6-9-7-4-2-3-5-8(7)10-6;10-7(11)3-1-4(8(12)13)6(19(16,17)18)5(2-3)9(14)15/h7-8H,2-5H2,1H3;1-2H,(H,16,17,18)/t7-,8-;/m1./s1. The summed E-state index contributed by atoms with van der Waals surface area (Å²) in [5.41, 5.74) is -4.11. The molecule has 2 aliphatic rings. The number of nitro groups is 3. The Morgan fingerprint density at radius 3 is 1.93 bits per heavy atom. The Hall–Kier alpha value is -2.65. The molecule has 0 aromatic heterocycles. The quantitative estimate of drug-likeness (QED) is 0.391. The van der Waals surface area contributed by atoms with Gasteiger partial charge in [-0.15, -0.1) is 0 Å². The molecule has 158 valence electrons. The van der Waals surface area contributed by atoms with Crippen molar-refractivity contribution in [3.8, 4) is 0 Å². The molecule has 1 heterocycles. The van der Waals surface area contributed by atoms with Gasteiger partial charge in [0.05, 0.1) is 32.2 Å². The highest BCUT2D eigenvalue weighted by atomic mass is 32.2. The molecule has 2 atom stereocenters. The molecule has 1 aliphatic heterocycles. The summed E-state index contributed by atoms with van der Waals surface area (Å²) < 4.78 is 32.5. The second kappa shape index (κ2) is 8.79. The lowest BCUT2D eigenvalue weighted by Crippen LogP contribution is -2.77. The van der Waals surface area contributed by atoms with Gasteiger partial charge in [0, 0.05) is 13.3 Å². The molecule has 0 spiro atoms. The fraction of sp³-hybridized carbons (Fsp3) is 0.500. The van der Waals surface area contributed by atoms with E-state index >= 15 is 0 Å². The Morgan fingerprint density at radius 1 is 1.00 bits per heavy atom. The molecule has 1 saturated carbocycles. The number of rotatable bonds is 4. The van der Waals surface area contributed by atoms with Crippen molar-refractivity contribution in [1.29, 1.82) is 0 Å². The summed E-state index contributed by atoms with van der Waals surface area (Å²) >= 11 is 2.05. The zero-order valence-electron chi connectivity index (χ0n) is 15.0. The maximum atomic E-state index is 10.8. The first-order valence-corrected chi connectivity index (χ1v) is 10.5. The van der Waals surface area contributed by atoms with Crippen molar-refractivity contribution in [2.75, 3.05) is 0 Å². The Kier molecular flexibility index (Phi) is 6.86. The molecule has 29 heavy (non-hydrogen) atoms. The minimum atomic E-state index is -5.55. The summed E-state index contributed by atoms with van der Waals surface area (Å²) in [4.78, 5) is 29.4. The molecule has 1 fully saturated rings. The zero-order valence-corrected chi connectivity index (χ0v) is 16.6. The van der Waals surface area contributed by atoms with Crippen LogP contribution >= 0.6 is 11.8 Å². The molecule has 13 nitrogen and oxygen atoms in total. The fourth-order valence-corrected chi connectivity index (χ4v) is 5.25. The molecular weight excluding hydrogens is 432 g/mol. The smallest absolute Gasteiger partial charge is 0.300 e. The lowest BCUT2D eigenvalue weighted by Gasteiger charge is -2.17. The average molecular weight is 448 g/mol. The van der Waals surface area contributed by atoms with Crippen molar-refractivity contribution in [2.24, 2.45) is 0 Å². The van der Waals surface area contributed by atoms with Gasteiger partial charge in [0.25, 0.3) is 5.69 Å². The monoisotopic (exact) mass is 448 g/mol. The lowest BCUT2D eigenvalue weighted by atomic mass is 9.95. The summed E-state index contributed by atoms with van der Waals surface area (Å²) in [5, 5.41) is 33.9. The first kappa shape index (κ1) is 22.6. The van der Waals surface area contributed by atoms with Crippen molar-refractivity contribution in [3.05, 3.63) is 42.5 Å². The van der Waals surface area contributed by atoms with E-state index in [1.165, 1.54) is 30.7 Å². The van der Waals surface area contributed by atoms with E-state index in [0.29, 0.717) is 0 Å². The molecule has 1 aromatic carbocycles. The Morgan fingerprint density at radius 2 is 1.52 bits per heavy atom. The first-order valence-electron chi connectivity index (χ1n) is 8.25. The van der Waals surface area contributed by atoms with Crippen LogP contribution in [0.3, 0.4) is 0 Å². The third-order valence-corrected chi connectivity index (χ3v) is 6.56. The number of benzene rings is 1. The molecule has 0 amide bonds. The number of nitrogens with zero attached hydrogens (tertiary/aromatic N) is 3. The molecular formula is C14H16N4O9S2. The number of hydrogen-bond donors (Lipinski definition) is 1. The number of nitrogens with one attached hydrogen (secondary N) is 1. The van der Waals surface area contributed by atoms with E-state index in [0.717, 1.165) is 11.3 Å². The van der Waals surface area contributed by atoms with Crippen LogP contribution in [0.5, 0.6) is 0 Å². The summed E-state index contributed by atoms with van der Waals surface area (Å²) in [7, 11) is -5.55. The third-order valence-electron chi connectivity index (χ3n) is 4.31. The maximum absolute atomic E-state index is 10.8. The molecule has 1 N–H and O–H groups in total. The normalized spacial score (nSPS) is 20.7. The van der Waals surface area contributed by atoms with Gasteiger partial charge in [-0.2, -0.15) is 0 Å². The first-order chi connectivity index (χ1) is 13.4. The molecule has 0 radical (unpaired) electrons. The van der Waals surface area contributed by atoms with Crippen LogP contribution in [-0.4, -0.2) is 44.1 Å². The van der Waals surface area contributed by atoms with Crippen LogP contribution in [0.1, 0.15) is 32.6 Å². The van der Waals surface area contributed by atoms with Crippen LogP contribution in [0, 0.1) is 30.3 Å². The van der Waals surface area contributed by atoms with E-state index in [2.05, 4.69) is 23.7 Å². The van der Waals surface area contributed by atoms with Crippen LogP contribution in [0.25, 0.3) is 0 Å². The Labute approximate surface area is 168 Å². The van der Waals surface area contributed by atoms with Crippen molar-refractivity contribution in [3.63, 3.8) is 0 Å². The van der Waals surface area contributed by atoms with E-state index in [9.17, 15) is 43.3 Å². The minimum Gasteiger partial charge on any atom is -0.744 e. The van der Waals surface area contributed by atoms with Crippen LogP contribution in [0.15, 0.2) is 17.0 Å². The minimum absolute atomic E-state index is 0.164. The topological polar surface area (TPSA) is 201 Å². The number of non-ortho nitro benzene ring substituents is 1. The van der Waals surface area contributed by atoms with Crippen LogP contribution in [-0.2, 0) is 10.1 Å². The van der Waals surface area contributed by atoms with E-state index in [-0.39, 0.29) is 12.1 Å². The summed E-state index contributed by atoms with van der Waals surface area (Å²) in [5.74, 6) is 0. The molecule has 0 unspecified atom stereocenters. The average Bonchev–Trinajstić information content (AvgIpc) is 3.00. The van der Waals surface area contributed by atoms with Gasteiger partial charge in [-0.25, -0.2) is 13.4 Å². The van der Waals surface area contributed by atoms with Crippen LogP contribution in [0.4, 0.5) is 17.1 Å². The van der Waals surface area contributed by atoms with Crippen molar-refractivity contribution in [1.82, 2.24) is 0 Å². The molecule has 3 rings (SSSR count). The van der Waals surface area contributed by atoms with Gasteiger partial charge in [-0.3, -0.25) is 30.3 Å². The van der Waals surface area contributed by atoms with E-state index in [1.54, 1.807) is 0 Å². The van der Waals surface area contributed by atoms with Gasteiger partial charge in [-0.1, -0.05) is 18.2 Å². The number of nitro benzene ring substituents is 3.